The fraction of sp³-hybridized carbons (Fsp3) is 0.125. The highest BCUT2D eigenvalue weighted by molar-refractivity contribution is 6.35. The summed E-state index contributed by atoms with van der Waals surface area (Å²) in [5.74, 6) is -0.332. The molecule has 0 aliphatic carbocycles. The summed E-state index contributed by atoms with van der Waals surface area (Å²) in [5.41, 5.74) is 0.904. The van der Waals surface area contributed by atoms with Crippen LogP contribution in [-0.2, 0) is 9.59 Å². The second kappa shape index (κ2) is 7.85. The third-order valence-electron chi connectivity index (χ3n) is 2.88. The zero-order chi connectivity index (χ0) is 16.8. The minimum Gasteiger partial charge on any atom is -0.497 e. The summed E-state index contributed by atoms with van der Waals surface area (Å²) in [7, 11) is 1.53. The van der Waals surface area contributed by atoms with Gasteiger partial charge in [0.25, 0.3) is 0 Å². The first kappa shape index (κ1) is 17.1. The summed E-state index contributed by atoms with van der Waals surface area (Å²) in [6.07, 6.45) is -0.347. The van der Waals surface area contributed by atoms with Gasteiger partial charge >= 0.3 is 0 Å². The van der Waals surface area contributed by atoms with E-state index >= 15 is 0 Å². The number of anilines is 2. The summed E-state index contributed by atoms with van der Waals surface area (Å²) >= 11 is 11.8. The molecule has 0 radical (unpaired) electrons. The molecule has 0 aliphatic heterocycles. The summed E-state index contributed by atoms with van der Waals surface area (Å²) in [4.78, 5) is 23.8. The van der Waals surface area contributed by atoms with E-state index in [9.17, 15) is 9.59 Å². The van der Waals surface area contributed by atoms with Gasteiger partial charge in [-0.15, -0.1) is 0 Å². The number of benzene rings is 2. The van der Waals surface area contributed by atoms with Gasteiger partial charge in [0.05, 0.1) is 17.8 Å². The summed E-state index contributed by atoms with van der Waals surface area (Å²) < 4.78 is 5.06. The average molecular weight is 353 g/mol. The van der Waals surface area contributed by atoms with Gasteiger partial charge in [0.1, 0.15) is 12.2 Å². The molecule has 2 N–H and O–H groups in total. The zero-order valence-electron chi connectivity index (χ0n) is 12.2. The standard InChI is InChI=1S/C16H14Cl2N2O3/c1-23-12-4-2-3-11(8-12)19-15(21)9-16(22)20-14-7-10(17)5-6-13(14)18/h2-8H,9H2,1H3,(H,19,21)(H,20,22). The molecule has 0 heterocycles. The Morgan fingerprint density at radius 2 is 1.78 bits per heavy atom. The van der Waals surface area contributed by atoms with Crippen LogP contribution >= 0.6 is 23.2 Å². The van der Waals surface area contributed by atoms with E-state index in [4.69, 9.17) is 27.9 Å². The average Bonchev–Trinajstić information content (AvgIpc) is 2.50. The first-order valence-electron chi connectivity index (χ1n) is 6.67. The quantitative estimate of drug-likeness (QED) is 0.800. The molecule has 120 valence electrons. The Hall–Kier alpha value is -2.24. The molecule has 0 saturated carbocycles. The van der Waals surface area contributed by atoms with Crippen LogP contribution in [0.4, 0.5) is 11.4 Å². The Balaban J connectivity index is 1.94. The number of methoxy groups -OCH3 is 1. The van der Waals surface area contributed by atoms with Crippen LogP contribution in [0.1, 0.15) is 6.42 Å². The van der Waals surface area contributed by atoms with E-state index in [1.165, 1.54) is 13.2 Å². The predicted octanol–water partition coefficient (Wildman–Crippen LogP) is 3.97. The lowest BCUT2D eigenvalue weighted by molar-refractivity contribution is -0.123. The normalized spacial score (nSPS) is 10.0. The first-order valence-corrected chi connectivity index (χ1v) is 7.42. The van der Waals surface area contributed by atoms with Gasteiger partial charge < -0.3 is 15.4 Å². The highest BCUT2D eigenvalue weighted by atomic mass is 35.5. The van der Waals surface area contributed by atoms with Crippen molar-refractivity contribution >= 4 is 46.4 Å². The maximum atomic E-state index is 11.9. The molecule has 0 aromatic heterocycles. The Morgan fingerprint density at radius 3 is 2.52 bits per heavy atom. The number of nitrogens with one attached hydrogen (secondary N) is 2. The second-order valence-corrected chi connectivity index (χ2v) is 5.47. The third kappa shape index (κ3) is 5.16. The Bertz CT molecular complexity index is 735. The molecule has 0 aliphatic rings. The Kier molecular flexibility index (Phi) is 5.84. The fourth-order valence-electron chi connectivity index (χ4n) is 1.84. The van der Waals surface area contributed by atoms with Crippen LogP contribution in [0.25, 0.3) is 0 Å². The molecule has 23 heavy (non-hydrogen) atoms. The Labute approximate surface area is 143 Å². The van der Waals surface area contributed by atoms with Crippen molar-refractivity contribution in [1.29, 1.82) is 0 Å². The van der Waals surface area contributed by atoms with Crippen LogP contribution in [0.15, 0.2) is 42.5 Å². The van der Waals surface area contributed by atoms with Crippen molar-refractivity contribution in [3.63, 3.8) is 0 Å². The lowest BCUT2D eigenvalue weighted by Gasteiger charge is -2.09. The maximum absolute atomic E-state index is 11.9. The highest BCUT2D eigenvalue weighted by Crippen LogP contribution is 2.25. The molecule has 0 bridgehead atoms. The topological polar surface area (TPSA) is 67.4 Å². The number of hydrogen-bond acceptors (Lipinski definition) is 3. The Morgan fingerprint density at radius 1 is 1.04 bits per heavy atom. The van der Waals surface area contributed by atoms with Gasteiger partial charge in [0, 0.05) is 16.8 Å². The van der Waals surface area contributed by atoms with Gasteiger partial charge in [-0.2, -0.15) is 0 Å². The molecule has 2 rings (SSSR count). The molecule has 2 aromatic rings. The van der Waals surface area contributed by atoms with Crippen LogP contribution in [-0.4, -0.2) is 18.9 Å². The first-order chi connectivity index (χ1) is 11.0. The second-order valence-electron chi connectivity index (χ2n) is 4.63. The molecule has 0 atom stereocenters. The van der Waals surface area contributed by atoms with Gasteiger partial charge in [0.15, 0.2) is 0 Å². The molecule has 0 spiro atoms. The number of hydrogen-bond donors (Lipinski definition) is 2. The van der Waals surface area contributed by atoms with Crippen LogP contribution in [0, 0.1) is 0 Å². The fourth-order valence-corrected chi connectivity index (χ4v) is 2.18. The van der Waals surface area contributed by atoms with Crippen LogP contribution in [0.3, 0.4) is 0 Å². The molecule has 2 aromatic carbocycles. The van der Waals surface area contributed by atoms with Gasteiger partial charge in [0.2, 0.25) is 11.8 Å². The summed E-state index contributed by atoms with van der Waals surface area (Å²) in [5, 5.41) is 5.95. The molecular formula is C16H14Cl2N2O3. The number of rotatable bonds is 5. The monoisotopic (exact) mass is 352 g/mol. The van der Waals surface area contributed by atoms with E-state index in [1.54, 1.807) is 36.4 Å². The van der Waals surface area contributed by atoms with Crippen molar-refractivity contribution < 1.29 is 14.3 Å². The third-order valence-corrected chi connectivity index (χ3v) is 3.44. The number of carbonyl (C=O) groups excluding carboxylic acids is 2. The lowest BCUT2D eigenvalue weighted by Crippen LogP contribution is -2.21. The van der Waals surface area contributed by atoms with Crippen molar-refractivity contribution in [1.82, 2.24) is 0 Å². The van der Waals surface area contributed by atoms with Crippen molar-refractivity contribution in [2.45, 2.75) is 6.42 Å². The molecule has 0 unspecified atom stereocenters. The number of halogens is 2. The maximum Gasteiger partial charge on any atom is 0.233 e. The van der Waals surface area contributed by atoms with E-state index in [0.717, 1.165) is 0 Å². The lowest BCUT2D eigenvalue weighted by atomic mass is 10.2. The largest absolute Gasteiger partial charge is 0.497 e. The van der Waals surface area contributed by atoms with Crippen LogP contribution in [0.2, 0.25) is 10.0 Å². The molecule has 0 fully saturated rings. The van der Waals surface area contributed by atoms with Crippen LogP contribution < -0.4 is 15.4 Å². The number of ether oxygens (including phenoxy) is 1. The molecule has 2 amide bonds. The van der Waals surface area contributed by atoms with Crippen molar-refractivity contribution in [3.05, 3.63) is 52.5 Å². The summed E-state index contributed by atoms with van der Waals surface area (Å²) in [6.45, 7) is 0. The number of amides is 2. The van der Waals surface area contributed by atoms with E-state index in [-0.39, 0.29) is 6.42 Å². The number of carbonyl (C=O) groups is 2. The highest BCUT2D eigenvalue weighted by Gasteiger charge is 2.12. The van der Waals surface area contributed by atoms with E-state index in [0.29, 0.717) is 27.2 Å². The van der Waals surface area contributed by atoms with Crippen molar-refractivity contribution in [2.24, 2.45) is 0 Å². The molecule has 7 heteroatoms. The van der Waals surface area contributed by atoms with Gasteiger partial charge in [-0.1, -0.05) is 29.3 Å². The van der Waals surface area contributed by atoms with E-state index in [2.05, 4.69) is 10.6 Å². The van der Waals surface area contributed by atoms with E-state index in [1.807, 2.05) is 0 Å². The van der Waals surface area contributed by atoms with Crippen LogP contribution in [0.5, 0.6) is 5.75 Å². The van der Waals surface area contributed by atoms with Gasteiger partial charge in [-0.05, 0) is 30.3 Å². The smallest absolute Gasteiger partial charge is 0.233 e. The molecular weight excluding hydrogens is 339 g/mol. The minimum absolute atomic E-state index is 0.343. The molecule has 5 nitrogen and oxygen atoms in total. The van der Waals surface area contributed by atoms with Gasteiger partial charge in [-0.25, -0.2) is 0 Å². The summed E-state index contributed by atoms with van der Waals surface area (Å²) in [6, 6.07) is 11.5. The van der Waals surface area contributed by atoms with Crippen molar-refractivity contribution in [3.8, 4) is 5.75 Å². The predicted molar refractivity (Wildman–Crippen MR) is 91.3 cm³/mol. The molecule has 0 saturated heterocycles. The van der Waals surface area contributed by atoms with E-state index < -0.39 is 11.8 Å². The SMILES string of the molecule is COc1cccc(NC(=O)CC(=O)Nc2cc(Cl)ccc2Cl)c1. The van der Waals surface area contributed by atoms with Crippen molar-refractivity contribution in [2.75, 3.05) is 17.7 Å². The zero-order valence-corrected chi connectivity index (χ0v) is 13.7. The van der Waals surface area contributed by atoms with Gasteiger partial charge in [-0.3, -0.25) is 9.59 Å². The minimum atomic E-state index is -0.491.